The Hall–Kier alpha value is -2.58. The summed E-state index contributed by atoms with van der Waals surface area (Å²) in [5, 5.41) is 15.2. The number of thioether (sulfide) groups is 1. The number of likely N-dealkylation sites (tertiary alicyclic amines) is 1. The largest absolute Gasteiger partial charge is 0.480 e. The van der Waals surface area contributed by atoms with Crippen LogP contribution in [-0.4, -0.2) is 64.8 Å². The predicted octanol–water partition coefficient (Wildman–Crippen LogP) is 3.45. The molecule has 8 heteroatoms. The maximum absolute atomic E-state index is 12.8. The lowest BCUT2D eigenvalue weighted by Gasteiger charge is -2.32. The molecule has 34 heavy (non-hydrogen) atoms. The van der Waals surface area contributed by atoms with Crippen molar-refractivity contribution in [3.05, 3.63) is 53.7 Å². The highest BCUT2D eigenvalue weighted by Crippen LogP contribution is 2.24. The second-order valence-electron chi connectivity index (χ2n) is 9.09. The number of rotatable bonds is 10. The molecule has 2 aliphatic heterocycles. The summed E-state index contributed by atoms with van der Waals surface area (Å²) >= 11 is 1.27. The molecule has 3 heterocycles. The van der Waals surface area contributed by atoms with E-state index in [0.29, 0.717) is 0 Å². The number of amides is 1. The molecule has 1 saturated heterocycles. The Morgan fingerprint density at radius 3 is 2.88 bits per heavy atom. The number of hydrogen-bond acceptors (Lipinski definition) is 6. The van der Waals surface area contributed by atoms with Crippen LogP contribution in [0.2, 0.25) is 0 Å². The van der Waals surface area contributed by atoms with Gasteiger partial charge in [0.1, 0.15) is 11.1 Å². The number of benzene rings is 1. The molecule has 2 atom stereocenters. The first-order valence-corrected chi connectivity index (χ1v) is 13.1. The van der Waals surface area contributed by atoms with E-state index in [1.165, 1.54) is 23.7 Å². The van der Waals surface area contributed by atoms with E-state index in [9.17, 15) is 14.7 Å². The number of piperidine rings is 1. The van der Waals surface area contributed by atoms with Gasteiger partial charge in [-0.3, -0.25) is 9.59 Å². The maximum Gasteiger partial charge on any atom is 0.318 e. The van der Waals surface area contributed by atoms with Crippen LogP contribution in [0, 0.1) is 5.92 Å². The molecule has 182 valence electrons. The number of nitrogens with zero attached hydrogens (tertiary/aromatic N) is 2. The quantitative estimate of drug-likeness (QED) is 0.447. The molecular weight excluding hydrogens is 448 g/mol. The van der Waals surface area contributed by atoms with Crippen molar-refractivity contribution in [2.24, 2.45) is 5.92 Å². The molecule has 3 N–H and O–H groups in total. The fourth-order valence-corrected chi connectivity index (χ4v) is 5.56. The lowest BCUT2D eigenvalue weighted by Crippen LogP contribution is -2.45. The van der Waals surface area contributed by atoms with Gasteiger partial charge in [0.15, 0.2) is 0 Å². The first-order valence-electron chi connectivity index (χ1n) is 12.3. The molecule has 0 radical (unpaired) electrons. The molecule has 0 bridgehead atoms. The molecular formula is C26H34N4O3S. The van der Waals surface area contributed by atoms with Gasteiger partial charge in [-0.1, -0.05) is 24.3 Å². The summed E-state index contributed by atoms with van der Waals surface area (Å²) in [7, 11) is 0. The standard InChI is InChI=1S/C26H34N4O3S/c31-25(28-17-23(26(32)33)34-22-10-2-1-3-11-22)20-8-5-15-30(18-20)16-6-9-21-13-12-19-7-4-14-27-24(19)29-21/h1-3,10-13,20,23H,4-9,14-18H2,(H,27,29)(H,28,31)(H,32,33)/t20-,23?/m1/s1. The van der Waals surface area contributed by atoms with Crippen molar-refractivity contribution in [3.63, 3.8) is 0 Å². The Morgan fingerprint density at radius 2 is 2.06 bits per heavy atom. The van der Waals surface area contributed by atoms with Gasteiger partial charge in [-0.15, -0.1) is 11.8 Å². The number of carbonyl (C=O) groups excluding carboxylic acids is 1. The highest BCUT2D eigenvalue weighted by atomic mass is 32.2. The van der Waals surface area contributed by atoms with Crippen LogP contribution in [-0.2, 0) is 22.4 Å². The van der Waals surface area contributed by atoms with Crippen molar-refractivity contribution < 1.29 is 14.7 Å². The van der Waals surface area contributed by atoms with Crippen LogP contribution in [0.25, 0.3) is 0 Å². The van der Waals surface area contributed by atoms with E-state index < -0.39 is 11.2 Å². The van der Waals surface area contributed by atoms with Crippen LogP contribution in [0.4, 0.5) is 5.82 Å². The van der Waals surface area contributed by atoms with Gasteiger partial charge in [-0.05, 0) is 75.4 Å². The Bertz CT molecular complexity index is 972. The van der Waals surface area contributed by atoms with Crippen LogP contribution in [0.3, 0.4) is 0 Å². The number of carbonyl (C=O) groups is 2. The van der Waals surface area contributed by atoms with E-state index in [-0.39, 0.29) is 18.4 Å². The van der Waals surface area contributed by atoms with Crippen molar-refractivity contribution >= 4 is 29.5 Å². The van der Waals surface area contributed by atoms with Crippen LogP contribution in [0.15, 0.2) is 47.4 Å². The van der Waals surface area contributed by atoms with E-state index in [0.717, 1.165) is 74.7 Å². The fourth-order valence-electron chi connectivity index (χ4n) is 4.64. The SMILES string of the molecule is O=C(O)C(CNC(=O)[C@@H]1CCCN(CCCc2ccc3c(n2)NCCC3)C1)Sc1ccccc1. The Kier molecular flexibility index (Phi) is 8.82. The monoisotopic (exact) mass is 482 g/mol. The highest BCUT2D eigenvalue weighted by Gasteiger charge is 2.27. The zero-order valence-electron chi connectivity index (χ0n) is 19.5. The Labute approximate surface area is 205 Å². The summed E-state index contributed by atoms with van der Waals surface area (Å²) in [6.07, 6.45) is 6.05. The topological polar surface area (TPSA) is 94.6 Å². The zero-order valence-corrected chi connectivity index (χ0v) is 20.4. The molecule has 1 unspecified atom stereocenters. The van der Waals surface area contributed by atoms with Gasteiger partial charge >= 0.3 is 5.97 Å². The van der Waals surface area contributed by atoms with Gasteiger partial charge < -0.3 is 20.6 Å². The smallest absolute Gasteiger partial charge is 0.318 e. The summed E-state index contributed by atoms with van der Waals surface area (Å²) in [4.78, 5) is 32.5. The zero-order chi connectivity index (χ0) is 23.8. The van der Waals surface area contributed by atoms with E-state index in [2.05, 4.69) is 27.7 Å². The van der Waals surface area contributed by atoms with Crippen LogP contribution in [0.5, 0.6) is 0 Å². The number of nitrogens with one attached hydrogen (secondary N) is 2. The van der Waals surface area contributed by atoms with Gasteiger partial charge in [-0.25, -0.2) is 4.98 Å². The third kappa shape index (κ3) is 6.96. The molecule has 1 aromatic heterocycles. The van der Waals surface area contributed by atoms with Gasteiger partial charge in [-0.2, -0.15) is 0 Å². The van der Waals surface area contributed by atoms with Crippen molar-refractivity contribution in [2.45, 2.75) is 48.7 Å². The van der Waals surface area contributed by atoms with Gasteiger partial charge in [0, 0.05) is 30.2 Å². The maximum atomic E-state index is 12.8. The number of carboxylic acid groups (broad SMARTS) is 1. The number of anilines is 1. The molecule has 0 spiro atoms. The van der Waals surface area contributed by atoms with E-state index >= 15 is 0 Å². The summed E-state index contributed by atoms with van der Waals surface area (Å²) < 4.78 is 0. The number of carboxylic acids is 1. The van der Waals surface area contributed by atoms with Crippen molar-refractivity contribution in [3.8, 4) is 0 Å². The number of fused-ring (bicyclic) bond motifs is 1. The van der Waals surface area contributed by atoms with Crippen molar-refractivity contribution in [1.82, 2.24) is 15.2 Å². The van der Waals surface area contributed by atoms with Crippen molar-refractivity contribution in [1.29, 1.82) is 0 Å². The molecule has 2 aliphatic rings. The summed E-state index contributed by atoms with van der Waals surface area (Å²) in [6, 6.07) is 13.8. The Balaban J connectivity index is 1.21. The van der Waals surface area contributed by atoms with Gasteiger partial charge in [0.05, 0.1) is 5.92 Å². The average Bonchev–Trinajstić information content (AvgIpc) is 2.87. The molecule has 2 aromatic rings. The molecule has 1 aromatic carbocycles. The summed E-state index contributed by atoms with van der Waals surface area (Å²) in [6.45, 7) is 3.80. The van der Waals surface area contributed by atoms with Crippen LogP contribution < -0.4 is 10.6 Å². The second-order valence-corrected chi connectivity index (χ2v) is 10.4. The van der Waals surface area contributed by atoms with E-state index in [1.807, 2.05) is 30.3 Å². The normalized spacial score (nSPS) is 19.0. The first-order chi connectivity index (χ1) is 16.6. The number of hydrogen-bond donors (Lipinski definition) is 3. The van der Waals surface area contributed by atoms with Gasteiger partial charge in [0.25, 0.3) is 0 Å². The average molecular weight is 483 g/mol. The number of pyridine rings is 1. The summed E-state index contributed by atoms with van der Waals surface area (Å²) in [5.74, 6) is 0.0111. The highest BCUT2D eigenvalue weighted by molar-refractivity contribution is 8.00. The lowest BCUT2D eigenvalue weighted by atomic mass is 9.96. The predicted molar refractivity (Wildman–Crippen MR) is 135 cm³/mol. The number of aromatic nitrogens is 1. The van der Waals surface area contributed by atoms with Crippen LogP contribution in [0.1, 0.15) is 36.9 Å². The molecule has 0 saturated carbocycles. The molecule has 0 aliphatic carbocycles. The molecule has 7 nitrogen and oxygen atoms in total. The number of aliphatic carboxylic acids is 1. The van der Waals surface area contributed by atoms with Crippen LogP contribution >= 0.6 is 11.8 Å². The van der Waals surface area contributed by atoms with Crippen molar-refractivity contribution in [2.75, 3.05) is 38.0 Å². The number of aryl methyl sites for hydroxylation is 2. The fraction of sp³-hybridized carbons (Fsp3) is 0.500. The van der Waals surface area contributed by atoms with E-state index in [1.54, 1.807) is 0 Å². The first kappa shape index (κ1) is 24.5. The molecule has 1 fully saturated rings. The minimum Gasteiger partial charge on any atom is -0.480 e. The second kappa shape index (κ2) is 12.2. The third-order valence-corrected chi connectivity index (χ3v) is 7.69. The molecule has 1 amide bonds. The summed E-state index contributed by atoms with van der Waals surface area (Å²) in [5.41, 5.74) is 2.43. The minimum absolute atomic E-state index is 0.0351. The minimum atomic E-state index is -0.912. The molecule has 4 rings (SSSR count). The van der Waals surface area contributed by atoms with E-state index in [4.69, 9.17) is 4.98 Å². The van der Waals surface area contributed by atoms with Gasteiger partial charge in [0.2, 0.25) is 5.91 Å². The third-order valence-electron chi connectivity index (χ3n) is 6.49. The lowest BCUT2D eigenvalue weighted by molar-refractivity contribution is -0.136. The Morgan fingerprint density at radius 1 is 1.21 bits per heavy atom.